The monoisotopic (exact) mass is 543 g/mol. The Hall–Kier alpha value is -4.09. The Morgan fingerprint density at radius 2 is 1.90 bits per heavy atom. The molecule has 3 heterocycles. The van der Waals surface area contributed by atoms with Gasteiger partial charge in [0, 0.05) is 31.0 Å². The summed E-state index contributed by atoms with van der Waals surface area (Å²) in [5.74, 6) is -5.54. The van der Waals surface area contributed by atoms with E-state index in [2.05, 4.69) is 20.3 Å². The maximum Gasteiger partial charge on any atom is 0.266 e. The van der Waals surface area contributed by atoms with Gasteiger partial charge in [-0.3, -0.25) is 19.4 Å². The van der Waals surface area contributed by atoms with Crippen LogP contribution in [0.4, 0.5) is 17.6 Å². The van der Waals surface area contributed by atoms with Gasteiger partial charge in [0.2, 0.25) is 23.7 Å². The Morgan fingerprint density at radius 3 is 2.54 bits per heavy atom. The summed E-state index contributed by atoms with van der Waals surface area (Å²) in [5.41, 5.74) is 0.598. The van der Waals surface area contributed by atoms with Gasteiger partial charge in [0.1, 0.15) is 12.2 Å². The first-order valence-corrected chi connectivity index (χ1v) is 12.5. The Labute approximate surface area is 220 Å². The van der Waals surface area contributed by atoms with Crippen LogP contribution in [0.15, 0.2) is 59.7 Å². The lowest BCUT2D eigenvalue weighted by Gasteiger charge is -2.35. The second-order valence-corrected chi connectivity index (χ2v) is 9.90. The summed E-state index contributed by atoms with van der Waals surface area (Å²) in [6, 6.07) is 9.39. The van der Waals surface area contributed by atoms with Crippen molar-refractivity contribution in [3.05, 3.63) is 93.7 Å². The van der Waals surface area contributed by atoms with Crippen LogP contribution in [-0.4, -0.2) is 56.3 Å². The van der Waals surface area contributed by atoms with Crippen LogP contribution >= 0.6 is 0 Å². The molecule has 1 aliphatic heterocycles. The molecule has 204 valence electrons. The molecule has 1 aromatic carbocycles. The summed E-state index contributed by atoms with van der Waals surface area (Å²) in [6.45, 7) is -0.288. The molecule has 0 bridgehead atoms. The molecule has 2 fully saturated rings. The van der Waals surface area contributed by atoms with E-state index in [9.17, 15) is 31.9 Å². The molecule has 1 saturated carbocycles. The standard InChI is InChI=1S/C27H25F4N5O3/c28-17-8-21(36(14-17)23(38)9-18-12-33-22(37)13-32-18)26(39)35-24(15-4-2-1-3-5-15)20-7-6-19(25(29)34-20)16-10-27(30,31)11-16/h1-7,12-13,16-17,21,24H,8-11,14H2,(H,33,37)(H,35,39). The molecule has 8 nitrogen and oxygen atoms in total. The highest BCUT2D eigenvalue weighted by molar-refractivity contribution is 5.89. The highest BCUT2D eigenvalue weighted by atomic mass is 19.3. The van der Waals surface area contributed by atoms with Gasteiger partial charge in [-0.15, -0.1) is 0 Å². The molecule has 2 aromatic heterocycles. The molecular formula is C27H25F4N5O3. The number of hydrogen-bond donors (Lipinski definition) is 2. The molecule has 0 radical (unpaired) electrons. The van der Waals surface area contributed by atoms with E-state index in [1.54, 1.807) is 30.3 Å². The third-order valence-electron chi connectivity index (χ3n) is 7.08. The van der Waals surface area contributed by atoms with E-state index < -0.39 is 66.3 Å². The number of amides is 2. The van der Waals surface area contributed by atoms with Crippen molar-refractivity contribution < 1.29 is 27.2 Å². The molecule has 1 saturated heterocycles. The fourth-order valence-corrected chi connectivity index (χ4v) is 5.05. The van der Waals surface area contributed by atoms with Crippen molar-refractivity contribution in [1.82, 2.24) is 25.2 Å². The molecule has 39 heavy (non-hydrogen) atoms. The lowest BCUT2D eigenvalue weighted by molar-refractivity contribution is -0.138. The Balaban J connectivity index is 1.36. The number of pyridine rings is 1. The molecule has 1 aliphatic carbocycles. The van der Waals surface area contributed by atoms with Gasteiger partial charge in [0.05, 0.1) is 36.6 Å². The Kier molecular flexibility index (Phi) is 7.19. The van der Waals surface area contributed by atoms with Crippen molar-refractivity contribution in [2.45, 2.75) is 55.8 Å². The zero-order chi connectivity index (χ0) is 27.7. The summed E-state index contributed by atoms with van der Waals surface area (Å²) in [7, 11) is 0. The van der Waals surface area contributed by atoms with Gasteiger partial charge < -0.3 is 15.2 Å². The van der Waals surface area contributed by atoms with Crippen molar-refractivity contribution in [3.63, 3.8) is 0 Å². The van der Waals surface area contributed by atoms with Crippen LogP contribution in [0.3, 0.4) is 0 Å². The maximum absolute atomic E-state index is 14.9. The molecule has 12 heteroatoms. The number of aromatic amines is 1. The number of rotatable bonds is 7. The van der Waals surface area contributed by atoms with E-state index in [1.807, 2.05) is 0 Å². The van der Waals surface area contributed by atoms with Gasteiger partial charge in [0.25, 0.3) is 5.56 Å². The number of halogens is 4. The number of nitrogens with one attached hydrogen (secondary N) is 2. The van der Waals surface area contributed by atoms with Crippen LogP contribution < -0.4 is 10.9 Å². The first-order valence-electron chi connectivity index (χ1n) is 12.5. The van der Waals surface area contributed by atoms with Crippen LogP contribution in [-0.2, 0) is 16.0 Å². The molecule has 3 atom stereocenters. The Bertz CT molecular complexity index is 1410. The van der Waals surface area contributed by atoms with Crippen molar-refractivity contribution in [1.29, 1.82) is 0 Å². The summed E-state index contributed by atoms with van der Waals surface area (Å²) in [6.07, 6.45) is -0.508. The van der Waals surface area contributed by atoms with E-state index in [-0.39, 0.29) is 36.3 Å². The van der Waals surface area contributed by atoms with E-state index in [0.717, 1.165) is 11.1 Å². The third-order valence-corrected chi connectivity index (χ3v) is 7.08. The minimum atomic E-state index is -2.82. The third kappa shape index (κ3) is 5.84. The van der Waals surface area contributed by atoms with Gasteiger partial charge in [-0.1, -0.05) is 36.4 Å². The number of alkyl halides is 3. The van der Waals surface area contributed by atoms with Gasteiger partial charge in [-0.05, 0) is 17.5 Å². The molecule has 2 aliphatic rings. The summed E-state index contributed by atoms with van der Waals surface area (Å²) in [5, 5.41) is 2.77. The molecule has 2 amide bonds. The molecule has 2 N–H and O–H groups in total. The molecule has 0 spiro atoms. The second-order valence-electron chi connectivity index (χ2n) is 9.90. The van der Waals surface area contributed by atoms with Crippen LogP contribution in [0.25, 0.3) is 0 Å². The lowest BCUT2D eigenvalue weighted by atomic mass is 9.77. The second kappa shape index (κ2) is 10.6. The Morgan fingerprint density at radius 1 is 1.15 bits per heavy atom. The fourth-order valence-electron chi connectivity index (χ4n) is 5.05. The predicted octanol–water partition coefficient (Wildman–Crippen LogP) is 3.20. The number of H-pyrrole nitrogens is 1. The molecule has 5 rings (SSSR count). The van der Waals surface area contributed by atoms with Crippen LogP contribution in [0.5, 0.6) is 0 Å². The van der Waals surface area contributed by atoms with E-state index in [1.165, 1.54) is 18.3 Å². The number of carbonyl (C=O) groups excluding carboxylic acids is 2. The van der Waals surface area contributed by atoms with E-state index in [4.69, 9.17) is 0 Å². The SMILES string of the molecule is O=C(NC(c1ccccc1)c1ccc(C2CC(F)(F)C2)c(F)n1)C1CC(F)CN1C(=O)Cc1c[nH]c(=O)cn1. The quantitative estimate of drug-likeness (QED) is 0.352. The minimum absolute atomic E-state index is 0.0894. The predicted molar refractivity (Wildman–Crippen MR) is 131 cm³/mol. The largest absolute Gasteiger partial charge is 0.342 e. The van der Waals surface area contributed by atoms with Crippen molar-refractivity contribution in [2.24, 2.45) is 0 Å². The van der Waals surface area contributed by atoms with Gasteiger partial charge in [-0.2, -0.15) is 4.39 Å². The van der Waals surface area contributed by atoms with E-state index >= 15 is 0 Å². The fraction of sp³-hybridized carbons (Fsp3) is 0.370. The molecular weight excluding hydrogens is 518 g/mol. The van der Waals surface area contributed by atoms with Gasteiger partial charge in [0.15, 0.2) is 0 Å². The summed E-state index contributed by atoms with van der Waals surface area (Å²) < 4.78 is 56.0. The van der Waals surface area contributed by atoms with Crippen molar-refractivity contribution >= 4 is 11.8 Å². The van der Waals surface area contributed by atoms with E-state index in [0.29, 0.717) is 5.56 Å². The zero-order valence-electron chi connectivity index (χ0n) is 20.6. The molecule has 3 unspecified atom stereocenters. The summed E-state index contributed by atoms with van der Waals surface area (Å²) >= 11 is 0. The van der Waals surface area contributed by atoms with Crippen LogP contribution in [0.2, 0.25) is 0 Å². The highest BCUT2D eigenvalue weighted by Crippen LogP contribution is 2.48. The average Bonchev–Trinajstić information content (AvgIpc) is 3.29. The smallest absolute Gasteiger partial charge is 0.266 e. The number of hydrogen-bond acceptors (Lipinski definition) is 5. The van der Waals surface area contributed by atoms with Gasteiger partial charge >= 0.3 is 0 Å². The van der Waals surface area contributed by atoms with Crippen LogP contribution in [0.1, 0.15) is 53.7 Å². The topological polar surface area (TPSA) is 108 Å². The van der Waals surface area contributed by atoms with Crippen molar-refractivity contribution in [2.75, 3.05) is 6.54 Å². The number of carbonyl (C=O) groups is 2. The number of nitrogens with zero attached hydrogens (tertiary/aromatic N) is 3. The zero-order valence-corrected chi connectivity index (χ0v) is 20.6. The number of benzene rings is 1. The van der Waals surface area contributed by atoms with Crippen molar-refractivity contribution in [3.8, 4) is 0 Å². The first-order chi connectivity index (χ1) is 18.6. The van der Waals surface area contributed by atoms with Crippen LogP contribution in [0, 0.1) is 5.95 Å². The normalized spacial score (nSPS) is 21.3. The highest BCUT2D eigenvalue weighted by Gasteiger charge is 2.47. The number of likely N-dealkylation sites (tertiary alicyclic amines) is 1. The minimum Gasteiger partial charge on any atom is -0.342 e. The maximum atomic E-state index is 14.9. The first kappa shape index (κ1) is 26.5. The van der Waals surface area contributed by atoms with Gasteiger partial charge in [-0.25, -0.2) is 18.2 Å². The average molecular weight is 544 g/mol. The molecule has 3 aromatic rings. The summed E-state index contributed by atoms with van der Waals surface area (Å²) in [4.78, 5) is 49.0. The number of aromatic nitrogens is 3. The lowest BCUT2D eigenvalue weighted by Crippen LogP contribution is -2.47.